The molecule has 0 aliphatic rings. The molecule has 45 heavy (non-hydrogen) atoms. The van der Waals surface area contributed by atoms with Gasteiger partial charge in [0.1, 0.15) is 27.7 Å². The summed E-state index contributed by atoms with van der Waals surface area (Å²) >= 11 is 0. The van der Waals surface area contributed by atoms with Gasteiger partial charge < -0.3 is 20.9 Å². The van der Waals surface area contributed by atoms with Crippen molar-refractivity contribution >= 4 is 76.7 Å². The number of hydrogen-bond acceptors (Lipinski definition) is 14. The van der Waals surface area contributed by atoms with Gasteiger partial charge in [-0.2, -0.15) is 21.9 Å². The number of phenolic OH excluding ortho intramolecular Hbond substituents is 1. The van der Waals surface area contributed by atoms with Crippen LogP contribution in [-0.2, 0) is 25.0 Å². The summed E-state index contributed by atoms with van der Waals surface area (Å²) in [5.41, 5.74) is 4.45. The molecule has 0 fully saturated rings. The van der Waals surface area contributed by atoms with E-state index in [-0.39, 0.29) is 50.6 Å². The number of nitrogen functional groups attached to an aromatic ring is 1. The Hall–Kier alpha value is -5.57. The molecule has 0 saturated carbocycles. The first-order valence-corrected chi connectivity index (χ1v) is 15.0. The molecule has 20 heteroatoms. The average Bonchev–Trinajstić information content (AvgIpc) is 2.94. The molecular formula is C25H21N7O11S2. The summed E-state index contributed by atoms with van der Waals surface area (Å²) in [6, 6.07) is 10.2. The number of carbonyl (C=O) groups excluding carboxylic acids is 1. The topological polar surface area (TPSA) is 286 Å². The number of nitro groups is 1. The number of amides is 1. The number of methoxy groups -OCH3 is 1. The van der Waals surface area contributed by atoms with Crippen molar-refractivity contribution in [3.63, 3.8) is 0 Å². The second-order valence-electron chi connectivity index (χ2n) is 9.03. The van der Waals surface area contributed by atoms with Crippen LogP contribution in [-0.4, -0.2) is 49.0 Å². The highest BCUT2D eigenvalue weighted by Gasteiger charge is 2.25. The first-order chi connectivity index (χ1) is 21.0. The molecule has 0 saturated heterocycles. The van der Waals surface area contributed by atoms with Crippen LogP contribution in [0.2, 0.25) is 0 Å². The minimum absolute atomic E-state index is 0.00570. The normalized spacial score (nSPS) is 12.2. The quantitative estimate of drug-likeness (QED) is 0.0501. The summed E-state index contributed by atoms with van der Waals surface area (Å²) < 4.78 is 72.2. The second-order valence-corrected chi connectivity index (χ2v) is 11.8. The summed E-state index contributed by atoms with van der Waals surface area (Å²) in [6.45, 7) is 1.19. The molecule has 0 unspecified atom stereocenters. The van der Waals surface area contributed by atoms with Gasteiger partial charge in [-0.3, -0.25) is 24.0 Å². The monoisotopic (exact) mass is 659 g/mol. The first kappa shape index (κ1) is 32.3. The van der Waals surface area contributed by atoms with Crippen molar-refractivity contribution < 1.29 is 45.5 Å². The van der Waals surface area contributed by atoms with E-state index in [1.807, 2.05) is 0 Å². The van der Waals surface area contributed by atoms with Gasteiger partial charge in [-0.15, -0.1) is 15.3 Å². The Balaban J connectivity index is 1.88. The molecule has 0 aliphatic heterocycles. The molecule has 4 aromatic carbocycles. The number of carbonyl (C=O) groups is 1. The standard InChI is InChI=1S/C25H21N7O11S2/c1-12(33)27-18-10-20(21(43-2)11-19(18)29-28-14-4-3-5-15(8-14)32(35)36)30-31-24-22(45(40,41)42)7-13-6-16(44(37,38)39)9-17(26)23(13)25(24)34/h3-11,34H,26H2,1-2H3,(H,27,33)(H,37,38,39)(H,40,41,42). The molecule has 1 amide bonds. The molecule has 0 spiro atoms. The Morgan fingerprint density at radius 1 is 0.956 bits per heavy atom. The number of non-ortho nitro benzene ring substituents is 1. The van der Waals surface area contributed by atoms with Crippen LogP contribution in [0.15, 0.2) is 84.8 Å². The van der Waals surface area contributed by atoms with E-state index >= 15 is 0 Å². The lowest BCUT2D eigenvalue weighted by molar-refractivity contribution is -0.384. The molecule has 4 aromatic rings. The number of nitrogens with two attached hydrogens (primary N) is 1. The number of nitrogens with one attached hydrogen (secondary N) is 1. The van der Waals surface area contributed by atoms with E-state index in [1.54, 1.807) is 0 Å². The van der Waals surface area contributed by atoms with E-state index in [0.717, 1.165) is 18.2 Å². The van der Waals surface area contributed by atoms with Gasteiger partial charge in [0, 0.05) is 36.2 Å². The second kappa shape index (κ2) is 12.2. The molecule has 0 aliphatic carbocycles. The number of phenols is 1. The van der Waals surface area contributed by atoms with Crippen LogP contribution in [0.5, 0.6) is 11.5 Å². The minimum atomic E-state index is -5.13. The summed E-state index contributed by atoms with van der Waals surface area (Å²) in [5.74, 6) is -1.51. The Labute approximate surface area is 253 Å². The zero-order chi connectivity index (χ0) is 33.3. The zero-order valence-electron chi connectivity index (χ0n) is 22.9. The van der Waals surface area contributed by atoms with Gasteiger partial charge >= 0.3 is 0 Å². The number of azo groups is 2. The fourth-order valence-corrected chi connectivity index (χ4v) is 5.20. The molecule has 0 atom stereocenters. The van der Waals surface area contributed by atoms with E-state index in [2.05, 4.69) is 25.8 Å². The number of hydrogen-bond donors (Lipinski definition) is 5. The Morgan fingerprint density at radius 2 is 1.64 bits per heavy atom. The average molecular weight is 660 g/mol. The van der Waals surface area contributed by atoms with Crippen molar-refractivity contribution in [1.29, 1.82) is 0 Å². The third kappa shape index (κ3) is 7.15. The summed E-state index contributed by atoms with van der Waals surface area (Å²) in [4.78, 5) is 20.7. The minimum Gasteiger partial charge on any atom is -0.505 e. The van der Waals surface area contributed by atoms with E-state index < -0.39 is 52.3 Å². The largest absolute Gasteiger partial charge is 0.505 e. The van der Waals surface area contributed by atoms with Gasteiger partial charge in [0.15, 0.2) is 5.75 Å². The van der Waals surface area contributed by atoms with Crippen LogP contribution in [0.1, 0.15) is 6.92 Å². The lowest BCUT2D eigenvalue weighted by atomic mass is 10.1. The predicted molar refractivity (Wildman–Crippen MR) is 158 cm³/mol. The number of ether oxygens (including phenoxy) is 1. The van der Waals surface area contributed by atoms with Crippen molar-refractivity contribution in [1.82, 2.24) is 0 Å². The van der Waals surface area contributed by atoms with Crippen LogP contribution in [0.4, 0.5) is 39.8 Å². The molecule has 0 heterocycles. The summed E-state index contributed by atoms with van der Waals surface area (Å²) in [5, 5.41) is 39.7. The molecule has 18 nitrogen and oxygen atoms in total. The lowest BCUT2D eigenvalue weighted by Gasteiger charge is -2.13. The van der Waals surface area contributed by atoms with Crippen LogP contribution in [0.25, 0.3) is 10.8 Å². The molecule has 4 rings (SSSR count). The van der Waals surface area contributed by atoms with Crippen molar-refractivity contribution in [2.75, 3.05) is 18.2 Å². The van der Waals surface area contributed by atoms with Gasteiger partial charge in [0.25, 0.3) is 25.9 Å². The van der Waals surface area contributed by atoms with Gasteiger partial charge in [0.05, 0.1) is 28.3 Å². The maximum atomic E-state index is 12.2. The molecule has 0 aromatic heterocycles. The van der Waals surface area contributed by atoms with Crippen molar-refractivity contribution in [2.24, 2.45) is 20.5 Å². The van der Waals surface area contributed by atoms with E-state index in [4.69, 9.17) is 10.5 Å². The van der Waals surface area contributed by atoms with Crippen LogP contribution >= 0.6 is 0 Å². The van der Waals surface area contributed by atoms with E-state index in [0.29, 0.717) is 0 Å². The highest BCUT2D eigenvalue weighted by Crippen LogP contribution is 2.46. The first-order valence-electron chi connectivity index (χ1n) is 12.1. The highest BCUT2D eigenvalue weighted by molar-refractivity contribution is 7.86. The van der Waals surface area contributed by atoms with Crippen LogP contribution in [0.3, 0.4) is 0 Å². The molecular weight excluding hydrogens is 638 g/mol. The summed E-state index contributed by atoms with van der Waals surface area (Å²) in [7, 11) is -8.68. The third-order valence-electron chi connectivity index (χ3n) is 5.91. The Bertz CT molecular complexity index is 2170. The van der Waals surface area contributed by atoms with Gasteiger partial charge in [-0.25, -0.2) is 0 Å². The van der Waals surface area contributed by atoms with E-state index in [9.17, 15) is 46.0 Å². The van der Waals surface area contributed by atoms with Crippen LogP contribution < -0.4 is 15.8 Å². The van der Waals surface area contributed by atoms with Gasteiger partial charge in [-0.05, 0) is 35.7 Å². The maximum absolute atomic E-state index is 12.2. The fraction of sp³-hybridized carbons (Fsp3) is 0.0800. The van der Waals surface area contributed by atoms with Crippen molar-refractivity contribution in [3.8, 4) is 11.5 Å². The predicted octanol–water partition coefficient (Wildman–Crippen LogP) is 5.33. The SMILES string of the molecule is COc1cc(N=Nc2cccc([N+](=O)[O-])c2)c(NC(C)=O)cc1N=Nc1c(S(=O)(=O)O)cc2cc(S(=O)(=O)O)cc(N)c2c1O. The molecule has 6 N–H and O–H groups in total. The smallest absolute Gasteiger partial charge is 0.296 e. The number of fused-ring (bicyclic) bond motifs is 1. The van der Waals surface area contributed by atoms with Crippen molar-refractivity contribution in [3.05, 3.63) is 64.7 Å². The summed E-state index contributed by atoms with van der Waals surface area (Å²) in [6.07, 6.45) is 0. The fourth-order valence-electron chi connectivity index (χ4n) is 3.99. The maximum Gasteiger partial charge on any atom is 0.296 e. The molecule has 234 valence electrons. The van der Waals surface area contributed by atoms with Crippen molar-refractivity contribution in [2.45, 2.75) is 16.7 Å². The Kier molecular flexibility index (Phi) is 8.77. The number of nitrogens with zero attached hydrogens (tertiary/aromatic N) is 5. The van der Waals surface area contributed by atoms with E-state index in [1.165, 1.54) is 50.4 Å². The van der Waals surface area contributed by atoms with Gasteiger partial charge in [0.2, 0.25) is 5.91 Å². The number of benzene rings is 4. The highest BCUT2D eigenvalue weighted by atomic mass is 32.2. The lowest BCUT2D eigenvalue weighted by Crippen LogP contribution is -2.06. The molecule has 0 radical (unpaired) electrons. The zero-order valence-corrected chi connectivity index (χ0v) is 24.6. The number of aromatic hydroxyl groups is 1. The number of rotatable bonds is 9. The molecule has 0 bridgehead atoms. The number of anilines is 2. The third-order valence-corrected chi connectivity index (χ3v) is 7.61. The van der Waals surface area contributed by atoms with Crippen LogP contribution in [0, 0.1) is 10.1 Å². The van der Waals surface area contributed by atoms with Gasteiger partial charge in [-0.1, -0.05) is 6.07 Å². The number of nitro benzene ring substituents is 1. The Morgan fingerprint density at radius 3 is 2.24 bits per heavy atom.